The van der Waals surface area contributed by atoms with E-state index in [-0.39, 0.29) is 11.7 Å². The zero-order chi connectivity index (χ0) is 13.1. The van der Waals surface area contributed by atoms with Gasteiger partial charge in [0.25, 0.3) is 5.91 Å². The number of halogens is 1. The molecule has 0 spiro atoms. The summed E-state index contributed by atoms with van der Waals surface area (Å²) in [5.74, 6) is 0.651. The number of nitrogens with zero attached hydrogens (tertiary/aromatic N) is 1. The standard InChI is InChI=1S/C14H18BrNO2/c1-2-7-16(9-10-3-4-10)14(18)12-6-5-11(15)8-13(12)17/h5-6,8,10,17H,2-4,7,9H2,1H3. The predicted octanol–water partition coefficient (Wildman–Crippen LogP) is 3.42. The largest absolute Gasteiger partial charge is 0.507 e. The summed E-state index contributed by atoms with van der Waals surface area (Å²) in [6, 6.07) is 5.03. The van der Waals surface area contributed by atoms with Crippen molar-refractivity contribution in [2.45, 2.75) is 26.2 Å². The van der Waals surface area contributed by atoms with Crippen LogP contribution in [0.25, 0.3) is 0 Å². The molecular weight excluding hydrogens is 294 g/mol. The lowest BCUT2D eigenvalue weighted by Crippen LogP contribution is -2.33. The van der Waals surface area contributed by atoms with Crippen LogP contribution in [0.15, 0.2) is 22.7 Å². The molecule has 1 amide bonds. The zero-order valence-electron chi connectivity index (χ0n) is 10.5. The molecule has 1 fully saturated rings. The molecule has 0 unspecified atom stereocenters. The lowest BCUT2D eigenvalue weighted by Gasteiger charge is -2.22. The van der Waals surface area contributed by atoms with Gasteiger partial charge in [-0.3, -0.25) is 4.79 Å². The van der Waals surface area contributed by atoms with Crippen LogP contribution in [0.5, 0.6) is 5.75 Å². The fraction of sp³-hybridized carbons (Fsp3) is 0.500. The molecule has 98 valence electrons. The van der Waals surface area contributed by atoms with Gasteiger partial charge in [0.05, 0.1) is 5.56 Å². The molecule has 0 atom stereocenters. The van der Waals surface area contributed by atoms with Crippen molar-refractivity contribution in [3.63, 3.8) is 0 Å². The first-order valence-corrected chi connectivity index (χ1v) is 7.19. The van der Waals surface area contributed by atoms with Crippen molar-refractivity contribution < 1.29 is 9.90 Å². The molecule has 0 bridgehead atoms. The van der Waals surface area contributed by atoms with Crippen molar-refractivity contribution >= 4 is 21.8 Å². The van der Waals surface area contributed by atoms with Crippen molar-refractivity contribution in [1.29, 1.82) is 0 Å². The zero-order valence-corrected chi connectivity index (χ0v) is 12.1. The van der Waals surface area contributed by atoms with Crippen LogP contribution in [0.4, 0.5) is 0 Å². The summed E-state index contributed by atoms with van der Waals surface area (Å²) >= 11 is 3.28. The summed E-state index contributed by atoms with van der Waals surface area (Å²) in [4.78, 5) is 14.2. The predicted molar refractivity (Wildman–Crippen MR) is 74.7 cm³/mol. The van der Waals surface area contributed by atoms with Crippen LogP contribution < -0.4 is 0 Å². The van der Waals surface area contributed by atoms with Gasteiger partial charge in [0.2, 0.25) is 0 Å². The Morgan fingerprint density at radius 3 is 2.78 bits per heavy atom. The number of hydrogen-bond donors (Lipinski definition) is 1. The SMILES string of the molecule is CCCN(CC1CC1)C(=O)c1ccc(Br)cc1O. The number of carbonyl (C=O) groups excluding carboxylic acids is 1. The third-order valence-electron chi connectivity index (χ3n) is 3.15. The van der Waals surface area contributed by atoms with E-state index in [1.807, 2.05) is 4.90 Å². The Morgan fingerprint density at radius 2 is 2.22 bits per heavy atom. The molecule has 4 heteroatoms. The summed E-state index contributed by atoms with van der Waals surface area (Å²) in [5, 5.41) is 9.85. The molecule has 0 saturated heterocycles. The summed E-state index contributed by atoms with van der Waals surface area (Å²) < 4.78 is 0.779. The second-order valence-electron chi connectivity index (χ2n) is 4.86. The van der Waals surface area contributed by atoms with Crippen LogP contribution in [-0.4, -0.2) is 29.0 Å². The lowest BCUT2D eigenvalue weighted by atomic mass is 10.1. The first-order valence-electron chi connectivity index (χ1n) is 6.39. The summed E-state index contributed by atoms with van der Waals surface area (Å²) in [7, 11) is 0. The molecule has 3 nitrogen and oxygen atoms in total. The fourth-order valence-electron chi connectivity index (χ4n) is 2.01. The number of aromatic hydroxyl groups is 1. The summed E-state index contributed by atoms with van der Waals surface area (Å²) in [6.45, 7) is 3.64. The first-order chi connectivity index (χ1) is 8.61. The topological polar surface area (TPSA) is 40.5 Å². The third kappa shape index (κ3) is 3.25. The van der Waals surface area contributed by atoms with E-state index in [0.717, 1.165) is 24.0 Å². The van der Waals surface area contributed by atoms with Gasteiger partial charge < -0.3 is 10.0 Å². The highest BCUT2D eigenvalue weighted by atomic mass is 79.9. The average Bonchev–Trinajstić information content (AvgIpc) is 3.11. The fourth-order valence-corrected chi connectivity index (χ4v) is 2.36. The third-order valence-corrected chi connectivity index (χ3v) is 3.64. The van der Waals surface area contributed by atoms with E-state index < -0.39 is 0 Å². The minimum atomic E-state index is -0.0613. The van der Waals surface area contributed by atoms with Crippen molar-refractivity contribution in [3.8, 4) is 5.75 Å². The minimum absolute atomic E-state index is 0.0475. The van der Waals surface area contributed by atoms with Gasteiger partial charge in [-0.25, -0.2) is 0 Å². The van der Waals surface area contributed by atoms with Crippen LogP contribution >= 0.6 is 15.9 Å². The van der Waals surface area contributed by atoms with Gasteiger partial charge in [0.1, 0.15) is 5.75 Å². The first kappa shape index (κ1) is 13.4. The highest BCUT2D eigenvalue weighted by Gasteiger charge is 2.27. The summed E-state index contributed by atoms with van der Waals surface area (Å²) in [6.07, 6.45) is 3.38. The Morgan fingerprint density at radius 1 is 1.50 bits per heavy atom. The average molecular weight is 312 g/mol. The Hall–Kier alpha value is -1.03. The molecule has 1 aromatic carbocycles. The van der Waals surface area contributed by atoms with Crippen LogP contribution in [0.3, 0.4) is 0 Å². The van der Waals surface area contributed by atoms with Crippen LogP contribution in [-0.2, 0) is 0 Å². The van der Waals surface area contributed by atoms with E-state index in [2.05, 4.69) is 22.9 Å². The molecule has 2 rings (SSSR count). The second-order valence-corrected chi connectivity index (χ2v) is 5.77. The van der Waals surface area contributed by atoms with Crippen molar-refractivity contribution in [3.05, 3.63) is 28.2 Å². The van der Waals surface area contributed by atoms with E-state index in [1.54, 1.807) is 18.2 Å². The van der Waals surface area contributed by atoms with Gasteiger partial charge in [-0.15, -0.1) is 0 Å². The van der Waals surface area contributed by atoms with E-state index >= 15 is 0 Å². The van der Waals surface area contributed by atoms with Gasteiger partial charge in [-0.1, -0.05) is 22.9 Å². The number of phenolic OH excluding ortho intramolecular Hbond substituents is 1. The normalized spacial score (nSPS) is 14.6. The van der Waals surface area contributed by atoms with Crippen molar-refractivity contribution in [2.75, 3.05) is 13.1 Å². The van der Waals surface area contributed by atoms with E-state index in [0.29, 0.717) is 11.5 Å². The van der Waals surface area contributed by atoms with Gasteiger partial charge in [0.15, 0.2) is 0 Å². The molecule has 1 aliphatic rings. The molecule has 1 N–H and O–H groups in total. The Bertz CT molecular complexity index is 443. The lowest BCUT2D eigenvalue weighted by molar-refractivity contribution is 0.0744. The van der Waals surface area contributed by atoms with Crippen LogP contribution in [0.1, 0.15) is 36.5 Å². The number of hydrogen-bond acceptors (Lipinski definition) is 2. The number of amides is 1. The monoisotopic (exact) mass is 311 g/mol. The second kappa shape index (κ2) is 5.74. The van der Waals surface area contributed by atoms with Crippen molar-refractivity contribution in [1.82, 2.24) is 4.90 Å². The van der Waals surface area contributed by atoms with Crippen LogP contribution in [0.2, 0.25) is 0 Å². The maximum atomic E-state index is 12.4. The number of carbonyl (C=O) groups is 1. The smallest absolute Gasteiger partial charge is 0.257 e. The Labute approximate surface area is 116 Å². The van der Waals surface area contributed by atoms with E-state index in [9.17, 15) is 9.90 Å². The minimum Gasteiger partial charge on any atom is -0.507 e. The molecule has 0 aromatic heterocycles. The Kier molecular flexibility index (Phi) is 4.27. The number of benzene rings is 1. The molecule has 1 saturated carbocycles. The van der Waals surface area contributed by atoms with E-state index in [1.165, 1.54) is 12.8 Å². The highest BCUT2D eigenvalue weighted by molar-refractivity contribution is 9.10. The highest BCUT2D eigenvalue weighted by Crippen LogP contribution is 2.31. The maximum Gasteiger partial charge on any atom is 0.257 e. The van der Waals surface area contributed by atoms with Crippen molar-refractivity contribution in [2.24, 2.45) is 5.92 Å². The maximum absolute atomic E-state index is 12.4. The molecule has 1 aliphatic carbocycles. The molecular formula is C14H18BrNO2. The molecule has 0 aliphatic heterocycles. The van der Waals surface area contributed by atoms with E-state index in [4.69, 9.17) is 0 Å². The van der Waals surface area contributed by atoms with Gasteiger partial charge in [-0.05, 0) is 43.4 Å². The van der Waals surface area contributed by atoms with Gasteiger partial charge >= 0.3 is 0 Å². The number of phenols is 1. The molecule has 0 radical (unpaired) electrons. The molecule has 18 heavy (non-hydrogen) atoms. The van der Waals surface area contributed by atoms with Crippen LogP contribution in [0, 0.1) is 5.92 Å². The summed E-state index contributed by atoms with van der Waals surface area (Å²) in [5.41, 5.74) is 0.396. The molecule has 1 aromatic rings. The Balaban J connectivity index is 2.15. The molecule has 0 heterocycles. The van der Waals surface area contributed by atoms with Gasteiger partial charge in [-0.2, -0.15) is 0 Å². The number of rotatable bonds is 5. The quantitative estimate of drug-likeness (QED) is 0.905. The van der Waals surface area contributed by atoms with Gasteiger partial charge in [0, 0.05) is 17.6 Å².